The molecule has 2 heterocycles. The van der Waals surface area contributed by atoms with Gasteiger partial charge in [0.1, 0.15) is 0 Å². The Bertz CT molecular complexity index is 813. The first-order chi connectivity index (χ1) is 16.5. The minimum absolute atomic E-state index is 0.0223. The average Bonchev–Trinajstić information content (AvgIpc) is 3.38. The second-order valence-corrected chi connectivity index (χ2v) is 11.7. The van der Waals surface area contributed by atoms with Crippen molar-refractivity contribution in [3.63, 3.8) is 0 Å². The molecule has 1 aliphatic heterocycles. The maximum absolute atomic E-state index is 12.9. The Hall–Kier alpha value is -1.33. The van der Waals surface area contributed by atoms with Crippen LogP contribution in [0.1, 0.15) is 64.2 Å². The van der Waals surface area contributed by atoms with Gasteiger partial charge in [0.05, 0.1) is 18.5 Å². The summed E-state index contributed by atoms with van der Waals surface area (Å²) in [6.45, 7) is 5.36. The Morgan fingerprint density at radius 3 is 2.53 bits per heavy atom. The van der Waals surface area contributed by atoms with E-state index in [1.54, 1.807) is 12.4 Å². The molecule has 34 heavy (non-hydrogen) atoms. The minimum Gasteiger partial charge on any atom is -0.379 e. The predicted octanol–water partition coefficient (Wildman–Crippen LogP) is 3.27. The van der Waals surface area contributed by atoms with Crippen molar-refractivity contribution < 1.29 is 13.2 Å². The standard InChI is InChI=1S/C24H41N5O3S2/c30-34(31,23-9-3-4-10-23)28-22(8-6-16-29-17-19-32-20-18-29)7-2-1-5-13-26-24(33)27-21-11-14-25-15-12-21/h11-12,14-15,22-23,28H,1-10,13,16-20H2,(H2,25,26,27,33). The van der Waals surface area contributed by atoms with Crippen molar-refractivity contribution in [1.29, 1.82) is 0 Å². The number of nitrogens with one attached hydrogen (secondary N) is 3. The SMILES string of the molecule is O=S(=O)(NC(CCCCCNC(=S)Nc1ccncc1)CCCN1CCOCC1)C1CCCC1. The van der Waals surface area contributed by atoms with Crippen LogP contribution in [0.25, 0.3) is 0 Å². The molecule has 192 valence electrons. The van der Waals surface area contributed by atoms with Gasteiger partial charge in [-0.1, -0.05) is 25.7 Å². The number of nitrogens with zero attached hydrogens (tertiary/aromatic N) is 2. The highest BCUT2D eigenvalue weighted by atomic mass is 32.2. The first kappa shape index (κ1) is 27.3. The summed E-state index contributed by atoms with van der Waals surface area (Å²) < 4.78 is 34.3. The number of rotatable bonds is 14. The highest BCUT2D eigenvalue weighted by Crippen LogP contribution is 2.25. The molecule has 2 aliphatic rings. The quantitative estimate of drug-likeness (QED) is 0.259. The van der Waals surface area contributed by atoms with E-state index < -0.39 is 10.0 Å². The molecular weight excluding hydrogens is 470 g/mol. The molecule has 0 spiro atoms. The fourth-order valence-electron chi connectivity index (χ4n) is 4.68. The molecule has 3 N–H and O–H groups in total. The highest BCUT2D eigenvalue weighted by molar-refractivity contribution is 7.90. The Labute approximate surface area is 210 Å². The van der Waals surface area contributed by atoms with Gasteiger partial charge in [0.2, 0.25) is 10.0 Å². The fraction of sp³-hybridized carbons (Fsp3) is 0.750. The lowest BCUT2D eigenvalue weighted by Gasteiger charge is -2.27. The van der Waals surface area contributed by atoms with Gasteiger partial charge in [-0.3, -0.25) is 9.88 Å². The van der Waals surface area contributed by atoms with Crippen LogP contribution in [0.5, 0.6) is 0 Å². The molecule has 0 radical (unpaired) electrons. The van der Waals surface area contributed by atoms with Gasteiger partial charge in [0.15, 0.2) is 5.11 Å². The number of aromatic nitrogens is 1. The van der Waals surface area contributed by atoms with Crippen molar-refractivity contribution in [1.82, 2.24) is 19.9 Å². The van der Waals surface area contributed by atoms with Gasteiger partial charge < -0.3 is 15.4 Å². The van der Waals surface area contributed by atoms with Crippen molar-refractivity contribution in [3.05, 3.63) is 24.5 Å². The molecular formula is C24H41N5O3S2. The Morgan fingerprint density at radius 1 is 1.09 bits per heavy atom. The zero-order valence-electron chi connectivity index (χ0n) is 20.2. The summed E-state index contributed by atoms with van der Waals surface area (Å²) in [5.41, 5.74) is 0.918. The van der Waals surface area contributed by atoms with Crippen molar-refractivity contribution in [2.24, 2.45) is 0 Å². The predicted molar refractivity (Wildman–Crippen MR) is 142 cm³/mol. The van der Waals surface area contributed by atoms with Gasteiger partial charge in [0.25, 0.3) is 0 Å². The molecule has 8 nitrogen and oxygen atoms in total. The van der Waals surface area contributed by atoms with E-state index in [0.29, 0.717) is 5.11 Å². The van der Waals surface area contributed by atoms with Gasteiger partial charge in [0, 0.05) is 43.8 Å². The maximum Gasteiger partial charge on any atom is 0.214 e. The third kappa shape index (κ3) is 10.1. The average molecular weight is 512 g/mol. The smallest absolute Gasteiger partial charge is 0.214 e. The molecule has 3 rings (SSSR count). The van der Waals surface area contributed by atoms with Crippen LogP contribution in [0, 0.1) is 0 Å². The van der Waals surface area contributed by atoms with E-state index in [-0.39, 0.29) is 11.3 Å². The maximum atomic E-state index is 12.9. The van der Waals surface area contributed by atoms with Crippen molar-refractivity contribution in [2.75, 3.05) is 44.7 Å². The number of anilines is 1. The molecule has 1 atom stereocenters. The Kier molecular flexibility index (Phi) is 12.0. The van der Waals surface area contributed by atoms with E-state index >= 15 is 0 Å². The molecule has 0 aromatic carbocycles. The summed E-state index contributed by atoms with van der Waals surface area (Å²) in [7, 11) is -3.23. The van der Waals surface area contributed by atoms with Gasteiger partial charge in [-0.2, -0.15) is 0 Å². The molecule has 1 saturated heterocycles. The van der Waals surface area contributed by atoms with Crippen LogP contribution in [-0.4, -0.2) is 74.1 Å². The van der Waals surface area contributed by atoms with Crippen LogP contribution in [0.3, 0.4) is 0 Å². The van der Waals surface area contributed by atoms with Crippen molar-refractivity contribution in [3.8, 4) is 0 Å². The molecule has 2 fully saturated rings. The summed E-state index contributed by atoms with van der Waals surface area (Å²) in [5, 5.41) is 6.79. The lowest BCUT2D eigenvalue weighted by molar-refractivity contribution is 0.0369. The largest absolute Gasteiger partial charge is 0.379 e. The van der Waals surface area contributed by atoms with Gasteiger partial charge >= 0.3 is 0 Å². The summed E-state index contributed by atoms with van der Waals surface area (Å²) in [5.74, 6) is 0. The third-order valence-corrected chi connectivity index (χ3v) is 8.91. The lowest BCUT2D eigenvalue weighted by Crippen LogP contribution is -2.41. The van der Waals surface area contributed by atoms with E-state index in [9.17, 15) is 8.42 Å². The summed E-state index contributed by atoms with van der Waals surface area (Å²) >= 11 is 5.34. The van der Waals surface area contributed by atoms with Crippen molar-refractivity contribution in [2.45, 2.75) is 75.5 Å². The van der Waals surface area contributed by atoms with E-state index in [2.05, 4.69) is 25.2 Å². The van der Waals surface area contributed by atoms with E-state index in [4.69, 9.17) is 17.0 Å². The fourth-order valence-corrected chi connectivity index (χ4v) is 6.75. The first-order valence-electron chi connectivity index (χ1n) is 12.8. The van der Waals surface area contributed by atoms with Gasteiger partial charge in [-0.15, -0.1) is 0 Å². The molecule has 1 aromatic rings. The number of thiocarbonyl (C=S) groups is 1. The van der Waals surface area contributed by atoms with E-state index in [1.165, 1.54) is 0 Å². The van der Waals surface area contributed by atoms with Crippen LogP contribution < -0.4 is 15.4 Å². The third-order valence-electron chi connectivity index (χ3n) is 6.66. The molecule has 1 unspecified atom stereocenters. The minimum atomic E-state index is -3.23. The number of hydrogen-bond acceptors (Lipinski definition) is 6. The number of sulfonamides is 1. The van der Waals surface area contributed by atoms with Crippen LogP contribution in [0.4, 0.5) is 5.69 Å². The van der Waals surface area contributed by atoms with E-state index in [1.807, 2.05) is 12.1 Å². The monoisotopic (exact) mass is 511 g/mol. The Balaban J connectivity index is 1.36. The zero-order chi connectivity index (χ0) is 24.1. The number of hydrogen-bond donors (Lipinski definition) is 3. The first-order valence-corrected chi connectivity index (χ1v) is 14.7. The number of morpholine rings is 1. The molecule has 1 saturated carbocycles. The van der Waals surface area contributed by atoms with Crippen LogP contribution in [0.15, 0.2) is 24.5 Å². The van der Waals surface area contributed by atoms with Gasteiger partial charge in [-0.25, -0.2) is 13.1 Å². The van der Waals surface area contributed by atoms with Crippen LogP contribution in [0.2, 0.25) is 0 Å². The summed E-state index contributed by atoms with van der Waals surface area (Å²) in [6, 6.07) is 3.77. The normalized spacial score (nSPS) is 18.6. The van der Waals surface area contributed by atoms with E-state index in [0.717, 1.165) is 109 Å². The second-order valence-electron chi connectivity index (χ2n) is 9.33. The van der Waals surface area contributed by atoms with Crippen LogP contribution in [-0.2, 0) is 14.8 Å². The molecule has 1 aliphatic carbocycles. The summed E-state index contributed by atoms with van der Waals surface area (Å²) in [4.78, 5) is 6.41. The second kappa shape index (κ2) is 14.9. The van der Waals surface area contributed by atoms with Crippen LogP contribution >= 0.6 is 12.2 Å². The van der Waals surface area contributed by atoms with Gasteiger partial charge in [-0.05, 0) is 69.4 Å². The summed E-state index contributed by atoms with van der Waals surface area (Å²) in [6.07, 6.45) is 12.9. The molecule has 0 bridgehead atoms. The molecule has 0 amide bonds. The highest BCUT2D eigenvalue weighted by Gasteiger charge is 2.30. The van der Waals surface area contributed by atoms with Crippen molar-refractivity contribution >= 4 is 33.0 Å². The molecule has 10 heteroatoms. The number of pyridine rings is 1. The number of unbranched alkanes of at least 4 members (excludes halogenated alkanes) is 2. The molecule has 1 aromatic heterocycles. The lowest BCUT2D eigenvalue weighted by atomic mass is 10.0. The number of ether oxygens (including phenoxy) is 1. The Morgan fingerprint density at radius 2 is 1.79 bits per heavy atom. The topological polar surface area (TPSA) is 95.6 Å². The zero-order valence-corrected chi connectivity index (χ0v) is 21.8.